The number of rotatable bonds is 6. The van der Waals surface area contributed by atoms with Gasteiger partial charge in [-0.05, 0) is 73.5 Å². The van der Waals surface area contributed by atoms with Crippen LogP contribution in [0.5, 0.6) is 0 Å². The summed E-state index contributed by atoms with van der Waals surface area (Å²) in [5.74, 6) is 0.944. The second-order valence-corrected chi connectivity index (χ2v) is 12.6. The Hall–Kier alpha value is -1.92. The maximum Gasteiger partial charge on any atom is 0.305 e. The van der Waals surface area contributed by atoms with E-state index in [9.17, 15) is 19.2 Å². The Bertz CT molecular complexity index is 898. The molecule has 0 radical (unpaired) electrons. The maximum absolute atomic E-state index is 12.4. The summed E-state index contributed by atoms with van der Waals surface area (Å²) in [6.07, 6.45) is 6.09. The number of carbonyl (C=O) groups excluding carboxylic acids is 4. The molecule has 0 aliphatic heterocycles. The zero-order valence-corrected chi connectivity index (χ0v) is 22.8. The lowest BCUT2D eigenvalue weighted by Gasteiger charge is -2.63. The van der Waals surface area contributed by atoms with E-state index in [2.05, 4.69) is 20.8 Å². The molecule has 36 heavy (non-hydrogen) atoms. The first-order chi connectivity index (χ1) is 16.9. The predicted octanol–water partition coefficient (Wildman–Crippen LogP) is 4.89. The highest BCUT2D eigenvalue weighted by Gasteiger charge is 2.67. The first kappa shape index (κ1) is 27.1. The number of fused-ring (bicyclic) bond motifs is 5. The Morgan fingerprint density at radius 1 is 1.03 bits per heavy atom. The van der Waals surface area contributed by atoms with Gasteiger partial charge in [0.1, 0.15) is 18.0 Å². The average Bonchev–Trinajstić information content (AvgIpc) is 3.16. The molecule has 202 valence electrons. The van der Waals surface area contributed by atoms with Crippen molar-refractivity contribution in [3.8, 4) is 0 Å². The topological polar surface area (TPSA) is 96.0 Å². The molecule has 4 aliphatic carbocycles. The van der Waals surface area contributed by atoms with Gasteiger partial charge >= 0.3 is 17.9 Å². The third-order valence-corrected chi connectivity index (χ3v) is 11.0. The van der Waals surface area contributed by atoms with Crippen LogP contribution in [-0.2, 0) is 33.4 Å². The van der Waals surface area contributed by atoms with Gasteiger partial charge in [-0.1, -0.05) is 20.8 Å². The highest BCUT2D eigenvalue weighted by Crippen LogP contribution is 2.69. The molecule has 7 heteroatoms. The van der Waals surface area contributed by atoms with Crippen molar-refractivity contribution in [1.82, 2.24) is 0 Å². The van der Waals surface area contributed by atoms with Crippen molar-refractivity contribution in [3.63, 3.8) is 0 Å². The number of ether oxygens (including phenoxy) is 3. The van der Waals surface area contributed by atoms with Crippen LogP contribution in [-0.4, -0.2) is 43.0 Å². The third-order valence-electron chi connectivity index (χ3n) is 11.0. The molecule has 4 fully saturated rings. The quantitative estimate of drug-likeness (QED) is 0.375. The molecule has 0 bridgehead atoms. The van der Waals surface area contributed by atoms with Gasteiger partial charge in [0.05, 0.1) is 7.11 Å². The summed E-state index contributed by atoms with van der Waals surface area (Å²) in [7, 11) is 1.42. The molecule has 4 saturated carbocycles. The van der Waals surface area contributed by atoms with Crippen molar-refractivity contribution < 1.29 is 33.4 Å². The van der Waals surface area contributed by atoms with Crippen molar-refractivity contribution in [2.45, 2.75) is 105 Å². The number of hydrogen-bond acceptors (Lipinski definition) is 7. The van der Waals surface area contributed by atoms with Crippen LogP contribution in [0.25, 0.3) is 0 Å². The van der Waals surface area contributed by atoms with E-state index in [1.165, 1.54) is 21.0 Å². The molecule has 0 N–H and O–H groups in total. The highest BCUT2D eigenvalue weighted by atomic mass is 16.5. The van der Waals surface area contributed by atoms with E-state index in [1.807, 2.05) is 0 Å². The number of carbonyl (C=O) groups is 4. The first-order valence-electron chi connectivity index (χ1n) is 13.8. The predicted molar refractivity (Wildman–Crippen MR) is 133 cm³/mol. The second-order valence-electron chi connectivity index (χ2n) is 12.6. The number of methoxy groups -OCH3 is 1. The van der Waals surface area contributed by atoms with Crippen LogP contribution in [0.4, 0.5) is 0 Å². The SMILES string of the molecule is COC(=O)CC[C@H](C)[C@@H]1CC[C@@H]2[C@H]3[C@H](OC(C)=O)C[C@@H]4CC(=O)CC[C@@]4(C)[C@H]3C[C@H](OC(C)=O)[C@@]21C. The van der Waals surface area contributed by atoms with Crippen LogP contribution in [0.15, 0.2) is 0 Å². The van der Waals surface area contributed by atoms with Gasteiger partial charge in [-0.3, -0.25) is 19.2 Å². The molecule has 0 aromatic heterocycles. The van der Waals surface area contributed by atoms with Crippen molar-refractivity contribution >= 4 is 23.7 Å². The summed E-state index contributed by atoms with van der Waals surface area (Å²) in [5.41, 5.74) is -0.308. The zero-order chi connectivity index (χ0) is 26.4. The van der Waals surface area contributed by atoms with Gasteiger partial charge < -0.3 is 14.2 Å². The maximum atomic E-state index is 12.4. The molecule has 0 unspecified atom stereocenters. The molecule has 0 amide bonds. The van der Waals surface area contributed by atoms with Crippen LogP contribution >= 0.6 is 0 Å². The van der Waals surface area contributed by atoms with Gasteiger partial charge in [-0.25, -0.2) is 0 Å². The minimum absolute atomic E-state index is 0.0382. The number of hydrogen-bond donors (Lipinski definition) is 0. The molecule has 0 heterocycles. The number of esters is 3. The van der Waals surface area contributed by atoms with Gasteiger partial charge in [-0.15, -0.1) is 0 Å². The van der Waals surface area contributed by atoms with E-state index in [0.717, 1.165) is 38.5 Å². The van der Waals surface area contributed by atoms with Crippen molar-refractivity contribution in [3.05, 3.63) is 0 Å². The standard InChI is InChI=1S/C29H44O7/c1-16(7-10-26(33)34-6)21-8-9-22-27-23(15-25(29(21,22)5)36-18(3)31)28(4)12-11-20(32)13-19(28)14-24(27)35-17(2)30/h16,19,21-25,27H,7-15H2,1-6H3/t16-,19-,21-,22+,23-,24+,25-,27+,28+,29+/m0/s1. The van der Waals surface area contributed by atoms with E-state index >= 15 is 0 Å². The summed E-state index contributed by atoms with van der Waals surface area (Å²) in [5, 5.41) is 0. The summed E-state index contributed by atoms with van der Waals surface area (Å²) >= 11 is 0. The lowest BCUT2D eigenvalue weighted by molar-refractivity contribution is -0.219. The van der Waals surface area contributed by atoms with E-state index in [1.54, 1.807) is 0 Å². The van der Waals surface area contributed by atoms with Gasteiger partial charge in [0.25, 0.3) is 0 Å². The number of Topliss-reactive ketones (excluding diaryl/α,β-unsaturated/α-hetero) is 1. The van der Waals surface area contributed by atoms with Crippen LogP contribution < -0.4 is 0 Å². The monoisotopic (exact) mass is 504 g/mol. The molecular weight excluding hydrogens is 460 g/mol. The molecule has 0 saturated heterocycles. The minimum atomic E-state index is -0.269. The molecule has 10 atom stereocenters. The van der Waals surface area contributed by atoms with Gasteiger partial charge in [0, 0.05) is 44.4 Å². The fraction of sp³-hybridized carbons (Fsp3) is 0.862. The lowest BCUT2D eigenvalue weighted by Crippen LogP contribution is -2.63. The molecule has 4 rings (SSSR count). The van der Waals surface area contributed by atoms with E-state index in [4.69, 9.17) is 14.2 Å². The smallest absolute Gasteiger partial charge is 0.305 e. The van der Waals surface area contributed by atoms with E-state index in [-0.39, 0.29) is 76.5 Å². The molecule has 0 aromatic rings. The second kappa shape index (κ2) is 10.1. The Kier molecular flexibility index (Phi) is 7.60. The lowest BCUT2D eigenvalue weighted by atomic mass is 9.43. The Balaban J connectivity index is 1.72. The van der Waals surface area contributed by atoms with Gasteiger partial charge in [0.2, 0.25) is 0 Å². The minimum Gasteiger partial charge on any atom is -0.469 e. The molecule has 0 aromatic carbocycles. The van der Waals surface area contributed by atoms with E-state index in [0.29, 0.717) is 25.0 Å². The first-order valence-corrected chi connectivity index (χ1v) is 13.8. The molecule has 4 aliphatic rings. The Morgan fingerprint density at radius 2 is 1.72 bits per heavy atom. The van der Waals surface area contributed by atoms with Crippen molar-refractivity contribution in [1.29, 1.82) is 0 Å². The van der Waals surface area contributed by atoms with Crippen molar-refractivity contribution in [2.75, 3.05) is 7.11 Å². The largest absolute Gasteiger partial charge is 0.469 e. The van der Waals surface area contributed by atoms with Crippen LogP contribution in [0.3, 0.4) is 0 Å². The fourth-order valence-corrected chi connectivity index (χ4v) is 9.25. The fourth-order valence-electron chi connectivity index (χ4n) is 9.25. The van der Waals surface area contributed by atoms with Crippen LogP contribution in [0.1, 0.15) is 92.4 Å². The highest BCUT2D eigenvalue weighted by molar-refractivity contribution is 5.79. The van der Waals surface area contributed by atoms with Gasteiger partial charge in [-0.2, -0.15) is 0 Å². The number of ketones is 1. The van der Waals surface area contributed by atoms with Gasteiger partial charge in [0.15, 0.2) is 0 Å². The molecule has 7 nitrogen and oxygen atoms in total. The normalized spacial score (nSPS) is 42.4. The van der Waals surface area contributed by atoms with Crippen molar-refractivity contribution in [2.24, 2.45) is 46.3 Å². The average molecular weight is 505 g/mol. The van der Waals surface area contributed by atoms with Crippen LogP contribution in [0.2, 0.25) is 0 Å². The summed E-state index contributed by atoms with van der Waals surface area (Å²) in [6, 6.07) is 0. The Labute approximate surface area is 215 Å². The molecule has 0 spiro atoms. The zero-order valence-electron chi connectivity index (χ0n) is 22.8. The summed E-state index contributed by atoms with van der Waals surface area (Å²) in [4.78, 5) is 48.9. The third kappa shape index (κ3) is 4.60. The Morgan fingerprint density at radius 3 is 2.36 bits per heavy atom. The van der Waals surface area contributed by atoms with E-state index < -0.39 is 0 Å². The van der Waals surface area contributed by atoms with Crippen LogP contribution in [0, 0.1) is 46.3 Å². The molecular formula is C29H44O7. The summed E-state index contributed by atoms with van der Waals surface area (Å²) in [6.45, 7) is 9.76. The summed E-state index contributed by atoms with van der Waals surface area (Å²) < 4.78 is 17.0.